The van der Waals surface area contributed by atoms with Crippen LogP contribution in [0.1, 0.15) is 29.6 Å². The number of fused-ring (bicyclic) bond motifs is 1. The van der Waals surface area contributed by atoms with Gasteiger partial charge in [0.15, 0.2) is 11.5 Å². The Morgan fingerprint density at radius 3 is 2.75 bits per heavy atom. The van der Waals surface area contributed by atoms with E-state index in [2.05, 4.69) is 0 Å². The molecule has 0 spiro atoms. The Balaban J connectivity index is 1.52. The Kier molecular flexibility index (Phi) is 3.80. The molecule has 7 nitrogen and oxygen atoms in total. The van der Waals surface area contributed by atoms with Gasteiger partial charge in [0.1, 0.15) is 6.04 Å². The van der Waals surface area contributed by atoms with Crippen molar-refractivity contribution in [3.05, 3.63) is 23.8 Å². The molecule has 24 heavy (non-hydrogen) atoms. The zero-order valence-corrected chi connectivity index (χ0v) is 13.4. The predicted molar refractivity (Wildman–Crippen MR) is 85.8 cm³/mol. The molecular weight excluding hydrogens is 310 g/mol. The smallest absolute Gasteiger partial charge is 0.254 e. The van der Waals surface area contributed by atoms with Crippen molar-refractivity contribution in [3.8, 4) is 11.5 Å². The highest BCUT2D eigenvalue weighted by atomic mass is 16.7. The lowest BCUT2D eigenvalue weighted by Gasteiger charge is -2.28. The van der Waals surface area contributed by atoms with E-state index < -0.39 is 0 Å². The number of nitrogens with zero attached hydrogens (tertiary/aromatic N) is 2. The Morgan fingerprint density at radius 1 is 1.12 bits per heavy atom. The fourth-order valence-electron chi connectivity index (χ4n) is 3.66. The summed E-state index contributed by atoms with van der Waals surface area (Å²) < 4.78 is 10.6. The highest BCUT2D eigenvalue weighted by Gasteiger charge is 2.38. The molecule has 3 aliphatic heterocycles. The average Bonchev–Trinajstić information content (AvgIpc) is 3.32. The molecule has 2 amide bonds. The van der Waals surface area contributed by atoms with Crippen molar-refractivity contribution in [1.29, 1.82) is 0 Å². The maximum absolute atomic E-state index is 12.9. The van der Waals surface area contributed by atoms with Crippen molar-refractivity contribution >= 4 is 11.8 Å². The maximum atomic E-state index is 12.9. The van der Waals surface area contributed by atoms with E-state index in [1.54, 1.807) is 28.0 Å². The molecular formula is C17H21N3O4. The van der Waals surface area contributed by atoms with E-state index in [0.29, 0.717) is 43.1 Å². The quantitative estimate of drug-likeness (QED) is 0.857. The van der Waals surface area contributed by atoms with Crippen LogP contribution >= 0.6 is 0 Å². The molecule has 2 N–H and O–H groups in total. The van der Waals surface area contributed by atoms with E-state index in [0.717, 1.165) is 12.8 Å². The van der Waals surface area contributed by atoms with E-state index in [1.807, 2.05) is 0 Å². The largest absolute Gasteiger partial charge is 0.454 e. The van der Waals surface area contributed by atoms with Crippen LogP contribution in [0.3, 0.4) is 0 Å². The number of carbonyl (C=O) groups is 2. The topological polar surface area (TPSA) is 85.1 Å². The Hall–Kier alpha value is -2.28. The van der Waals surface area contributed by atoms with Gasteiger partial charge in [-0.15, -0.1) is 0 Å². The molecule has 2 saturated heterocycles. The van der Waals surface area contributed by atoms with Crippen LogP contribution in [0.5, 0.6) is 11.5 Å². The second-order valence-corrected chi connectivity index (χ2v) is 6.56. The molecule has 1 unspecified atom stereocenters. The van der Waals surface area contributed by atoms with Gasteiger partial charge in [0, 0.05) is 31.2 Å². The van der Waals surface area contributed by atoms with Crippen molar-refractivity contribution in [2.75, 3.05) is 26.4 Å². The number of likely N-dealkylation sites (tertiary alicyclic amines) is 2. The van der Waals surface area contributed by atoms with Crippen LogP contribution in [-0.2, 0) is 4.79 Å². The van der Waals surface area contributed by atoms with Crippen LogP contribution in [-0.4, -0.2) is 60.1 Å². The maximum Gasteiger partial charge on any atom is 0.254 e. The van der Waals surface area contributed by atoms with Gasteiger partial charge in [-0.2, -0.15) is 0 Å². The summed E-state index contributed by atoms with van der Waals surface area (Å²) in [4.78, 5) is 29.1. The van der Waals surface area contributed by atoms with Gasteiger partial charge in [-0.25, -0.2) is 0 Å². The van der Waals surface area contributed by atoms with Crippen LogP contribution in [0.15, 0.2) is 18.2 Å². The molecule has 3 aliphatic rings. The lowest BCUT2D eigenvalue weighted by atomic mass is 10.1. The lowest BCUT2D eigenvalue weighted by molar-refractivity contribution is -0.134. The highest BCUT2D eigenvalue weighted by molar-refractivity contribution is 5.98. The monoisotopic (exact) mass is 331 g/mol. The number of amides is 2. The van der Waals surface area contributed by atoms with Crippen molar-refractivity contribution in [2.24, 2.45) is 5.73 Å². The first-order chi connectivity index (χ1) is 11.6. The third-order valence-electron chi connectivity index (χ3n) is 4.95. The second-order valence-electron chi connectivity index (χ2n) is 6.56. The fourth-order valence-corrected chi connectivity index (χ4v) is 3.66. The zero-order chi connectivity index (χ0) is 16.7. The summed E-state index contributed by atoms with van der Waals surface area (Å²) in [5.41, 5.74) is 6.42. The van der Waals surface area contributed by atoms with Crippen LogP contribution in [0, 0.1) is 0 Å². The molecule has 7 heteroatoms. The molecule has 4 rings (SSSR count). The lowest BCUT2D eigenvalue weighted by Crippen LogP contribution is -2.47. The summed E-state index contributed by atoms with van der Waals surface area (Å²) in [5.74, 6) is 1.11. The fraction of sp³-hybridized carbons (Fsp3) is 0.529. The van der Waals surface area contributed by atoms with E-state index >= 15 is 0 Å². The normalized spacial score (nSPS) is 25.4. The molecule has 0 saturated carbocycles. The van der Waals surface area contributed by atoms with Gasteiger partial charge in [0.05, 0.1) is 0 Å². The molecule has 2 fully saturated rings. The van der Waals surface area contributed by atoms with Crippen LogP contribution in [0.4, 0.5) is 0 Å². The number of hydrogen-bond donors (Lipinski definition) is 1. The number of ether oxygens (including phenoxy) is 2. The number of rotatable bonds is 2. The summed E-state index contributed by atoms with van der Waals surface area (Å²) >= 11 is 0. The third kappa shape index (κ3) is 2.58. The van der Waals surface area contributed by atoms with E-state index in [9.17, 15) is 9.59 Å². The molecule has 0 aromatic heterocycles. The molecule has 1 aromatic rings. The van der Waals surface area contributed by atoms with Crippen molar-refractivity contribution < 1.29 is 19.1 Å². The molecule has 2 atom stereocenters. The third-order valence-corrected chi connectivity index (χ3v) is 4.95. The van der Waals surface area contributed by atoms with E-state index in [4.69, 9.17) is 15.2 Å². The van der Waals surface area contributed by atoms with Crippen molar-refractivity contribution in [1.82, 2.24) is 9.80 Å². The molecule has 0 bridgehead atoms. The molecule has 0 radical (unpaired) electrons. The van der Waals surface area contributed by atoms with Gasteiger partial charge in [0.2, 0.25) is 12.7 Å². The number of hydrogen-bond acceptors (Lipinski definition) is 5. The van der Waals surface area contributed by atoms with Crippen molar-refractivity contribution in [3.63, 3.8) is 0 Å². The Morgan fingerprint density at radius 2 is 1.96 bits per heavy atom. The number of nitrogens with two attached hydrogens (primary N) is 1. The van der Waals surface area contributed by atoms with E-state index in [1.165, 1.54) is 0 Å². The zero-order valence-electron chi connectivity index (χ0n) is 13.4. The Bertz CT molecular complexity index is 678. The number of benzene rings is 1. The number of carbonyl (C=O) groups excluding carboxylic acids is 2. The minimum Gasteiger partial charge on any atom is -0.454 e. The van der Waals surface area contributed by atoms with Gasteiger partial charge >= 0.3 is 0 Å². The van der Waals surface area contributed by atoms with Crippen LogP contribution in [0.25, 0.3) is 0 Å². The van der Waals surface area contributed by atoms with Crippen LogP contribution in [0.2, 0.25) is 0 Å². The minimum atomic E-state index is -0.381. The SMILES string of the molecule is N[C@@H]1CCN(C(=O)C2CCCN2C(=O)c2ccc3c(c2)OCO3)C1. The van der Waals surface area contributed by atoms with Gasteiger partial charge in [-0.05, 0) is 37.5 Å². The summed E-state index contributed by atoms with van der Waals surface area (Å²) in [5, 5.41) is 0. The molecule has 3 heterocycles. The van der Waals surface area contributed by atoms with Gasteiger partial charge in [0.25, 0.3) is 5.91 Å². The summed E-state index contributed by atoms with van der Waals surface area (Å²) in [7, 11) is 0. The Labute approximate surface area is 140 Å². The first kappa shape index (κ1) is 15.3. The minimum absolute atomic E-state index is 0.0227. The van der Waals surface area contributed by atoms with Gasteiger partial charge in [-0.1, -0.05) is 0 Å². The standard InChI is InChI=1S/C17H21N3O4/c18-12-5-7-19(9-12)17(22)13-2-1-6-20(13)16(21)11-3-4-14-15(8-11)24-10-23-14/h3-4,8,12-13H,1-2,5-7,9-10,18H2/t12-,13?/m1/s1. The molecule has 1 aromatic carbocycles. The predicted octanol–water partition coefficient (Wildman–Crippen LogP) is 0.580. The summed E-state index contributed by atoms with van der Waals surface area (Å²) in [6.45, 7) is 2.04. The summed E-state index contributed by atoms with van der Waals surface area (Å²) in [6.07, 6.45) is 2.38. The second kappa shape index (κ2) is 5.98. The van der Waals surface area contributed by atoms with E-state index in [-0.39, 0.29) is 30.7 Å². The highest BCUT2D eigenvalue weighted by Crippen LogP contribution is 2.33. The van der Waals surface area contributed by atoms with Crippen LogP contribution < -0.4 is 15.2 Å². The summed E-state index contributed by atoms with van der Waals surface area (Å²) in [6, 6.07) is 4.82. The average molecular weight is 331 g/mol. The van der Waals surface area contributed by atoms with Crippen molar-refractivity contribution in [2.45, 2.75) is 31.3 Å². The van der Waals surface area contributed by atoms with Gasteiger partial charge < -0.3 is 25.0 Å². The molecule has 0 aliphatic carbocycles. The first-order valence-corrected chi connectivity index (χ1v) is 8.38. The molecule has 128 valence electrons. The first-order valence-electron chi connectivity index (χ1n) is 8.38. The van der Waals surface area contributed by atoms with Gasteiger partial charge in [-0.3, -0.25) is 9.59 Å².